The summed E-state index contributed by atoms with van der Waals surface area (Å²) >= 11 is 0. The van der Waals surface area contributed by atoms with E-state index in [1.165, 1.54) is 38.5 Å². The maximum Gasteiger partial charge on any atom is 0.273 e. The number of nitrogens with zero attached hydrogens (tertiary/aromatic N) is 1. The lowest BCUT2D eigenvalue weighted by Gasteiger charge is -2.59. The highest BCUT2D eigenvalue weighted by molar-refractivity contribution is 5.92. The van der Waals surface area contributed by atoms with E-state index in [4.69, 9.17) is 4.52 Å². The summed E-state index contributed by atoms with van der Waals surface area (Å²) in [6.07, 6.45) is 8.21. The first kappa shape index (κ1) is 13.4. The van der Waals surface area contributed by atoms with Gasteiger partial charge in [-0.1, -0.05) is 5.16 Å². The van der Waals surface area contributed by atoms with Gasteiger partial charge in [0.25, 0.3) is 5.91 Å². The molecule has 0 saturated heterocycles. The van der Waals surface area contributed by atoms with Gasteiger partial charge in [0.1, 0.15) is 5.76 Å². The Morgan fingerprint density at radius 1 is 1.29 bits per heavy atom. The van der Waals surface area contributed by atoms with Crippen LogP contribution in [-0.2, 0) is 0 Å². The number of aromatic nitrogens is 1. The molecule has 4 heteroatoms. The first-order valence-electron chi connectivity index (χ1n) is 8.28. The molecule has 0 aromatic carbocycles. The number of nitrogens with one attached hydrogen (secondary N) is 1. The zero-order valence-electron chi connectivity index (χ0n) is 12.9. The summed E-state index contributed by atoms with van der Waals surface area (Å²) in [4.78, 5) is 12.3. The fourth-order valence-electron chi connectivity index (χ4n) is 5.61. The number of hydrogen-bond acceptors (Lipinski definition) is 3. The van der Waals surface area contributed by atoms with E-state index in [9.17, 15) is 4.79 Å². The predicted octanol–water partition coefficient (Wildman–Crippen LogP) is 3.32. The molecule has 1 aromatic rings. The predicted molar refractivity (Wildman–Crippen MR) is 78.8 cm³/mol. The normalized spacial score (nSPS) is 38.5. The molecule has 5 rings (SSSR count). The van der Waals surface area contributed by atoms with E-state index in [-0.39, 0.29) is 11.9 Å². The molecule has 4 fully saturated rings. The molecule has 1 atom stereocenters. The van der Waals surface area contributed by atoms with Gasteiger partial charge in [0.05, 0.1) is 0 Å². The Balaban J connectivity index is 1.50. The maximum absolute atomic E-state index is 12.3. The molecule has 1 aromatic heterocycles. The number of amides is 1. The van der Waals surface area contributed by atoms with Crippen LogP contribution in [0.2, 0.25) is 0 Å². The van der Waals surface area contributed by atoms with Crippen LogP contribution in [0.3, 0.4) is 0 Å². The Hall–Kier alpha value is -1.32. The van der Waals surface area contributed by atoms with Crippen molar-refractivity contribution in [1.29, 1.82) is 0 Å². The standard InChI is InChI=1S/C17H24N2O2/c1-10-3-15(19-21-10)16(20)18-11(2)17-7-12-4-13(8-17)6-14(5-12)9-17/h3,11-14H,4-9H2,1-2H3,(H,18,20). The molecule has 0 radical (unpaired) electrons. The van der Waals surface area contributed by atoms with Crippen molar-refractivity contribution in [3.8, 4) is 0 Å². The summed E-state index contributed by atoms with van der Waals surface area (Å²) in [6.45, 7) is 4.00. The fourth-order valence-corrected chi connectivity index (χ4v) is 5.61. The molecule has 1 unspecified atom stereocenters. The number of aryl methyl sites for hydroxylation is 1. The van der Waals surface area contributed by atoms with Crippen molar-refractivity contribution >= 4 is 5.91 Å². The largest absolute Gasteiger partial charge is 0.361 e. The van der Waals surface area contributed by atoms with Crippen LogP contribution < -0.4 is 5.32 Å². The summed E-state index contributed by atoms with van der Waals surface area (Å²) in [6, 6.07) is 1.94. The van der Waals surface area contributed by atoms with E-state index >= 15 is 0 Å². The van der Waals surface area contributed by atoms with Crippen LogP contribution in [0.15, 0.2) is 10.6 Å². The molecule has 0 spiro atoms. The Morgan fingerprint density at radius 3 is 2.33 bits per heavy atom. The zero-order chi connectivity index (χ0) is 14.6. The van der Waals surface area contributed by atoms with E-state index in [0.29, 0.717) is 16.9 Å². The van der Waals surface area contributed by atoms with Crippen LogP contribution in [0, 0.1) is 30.1 Å². The zero-order valence-corrected chi connectivity index (χ0v) is 12.9. The molecular weight excluding hydrogens is 264 g/mol. The smallest absolute Gasteiger partial charge is 0.273 e. The summed E-state index contributed by atoms with van der Waals surface area (Å²) < 4.78 is 5.01. The molecule has 4 aliphatic rings. The lowest BCUT2D eigenvalue weighted by atomic mass is 9.48. The minimum atomic E-state index is -0.0879. The Kier molecular flexibility index (Phi) is 2.92. The van der Waals surface area contributed by atoms with Gasteiger partial charge >= 0.3 is 0 Å². The molecule has 4 aliphatic carbocycles. The lowest BCUT2D eigenvalue weighted by Crippen LogP contribution is -2.55. The number of rotatable bonds is 3. The molecule has 1 amide bonds. The van der Waals surface area contributed by atoms with Crippen LogP contribution in [0.1, 0.15) is 61.7 Å². The number of carbonyl (C=O) groups is 1. The second-order valence-corrected chi connectivity index (χ2v) is 7.80. The second-order valence-electron chi connectivity index (χ2n) is 7.80. The van der Waals surface area contributed by atoms with Gasteiger partial charge < -0.3 is 9.84 Å². The molecule has 1 N–H and O–H groups in total. The highest BCUT2D eigenvalue weighted by atomic mass is 16.5. The van der Waals surface area contributed by atoms with Crippen molar-refractivity contribution in [3.05, 3.63) is 17.5 Å². The summed E-state index contributed by atoms with van der Waals surface area (Å²) in [7, 11) is 0. The van der Waals surface area contributed by atoms with Crippen molar-refractivity contribution in [2.45, 2.75) is 58.4 Å². The quantitative estimate of drug-likeness (QED) is 0.928. The molecule has 4 saturated carbocycles. The molecular formula is C17H24N2O2. The SMILES string of the molecule is Cc1cc(C(=O)NC(C)C23CC4CC(CC(C4)C2)C3)no1. The Labute approximate surface area is 125 Å². The number of hydrogen-bond donors (Lipinski definition) is 1. The van der Waals surface area contributed by atoms with Crippen molar-refractivity contribution in [1.82, 2.24) is 10.5 Å². The van der Waals surface area contributed by atoms with Crippen LogP contribution >= 0.6 is 0 Å². The van der Waals surface area contributed by atoms with Crippen LogP contribution in [0.25, 0.3) is 0 Å². The third-order valence-electron chi connectivity index (χ3n) is 6.21. The first-order valence-corrected chi connectivity index (χ1v) is 8.28. The minimum Gasteiger partial charge on any atom is -0.361 e. The van der Waals surface area contributed by atoms with E-state index < -0.39 is 0 Å². The first-order chi connectivity index (χ1) is 10.0. The van der Waals surface area contributed by atoms with Crippen molar-refractivity contribution < 1.29 is 9.32 Å². The molecule has 0 aliphatic heterocycles. The average molecular weight is 288 g/mol. The Bertz CT molecular complexity index is 528. The Morgan fingerprint density at radius 2 is 1.86 bits per heavy atom. The van der Waals surface area contributed by atoms with Crippen LogP contribution in [0.5, 0.6) is 0 Å². The summed E-state index contributed by atoms with van der Waals surface area (Å²) in [5, 5.41) is 7.03. The van der Waals surface area contributed by atoms with E-state index in [0.717, 1.165) is 17.8 Å². The third-order valence-corrected chi connectivity index (χ3v) is 6.21. The lowest BCUT2D eigenvalue weighted by molar-refractivity contribution is -0.0688. The second kappa shape index (κ2) is 4.59. The summed E-state index contributed by atoms with van der Waals surface area (Å²) in [5.74, 6) is 3.32. The van der Waals surface area contributed by atoms with E-state index in [2.05, 4.69) is 17.4 Å². The van der Waals surface area contributed by atoms with Gasteiger partial charge in [0.2, 0.25) is 0 Å². The van der Waals surface area contributed by atoms with Gasteiger partial charge in [-0.3, -0.25) is 4.79 Å². The van der Waals surface area contributed by atoms with E-state index in [1.807, 2.05) is 6.92 Å². The maximum atomic E-state index is 12.3. The average Bonchev–Trinajstić information content (AvgIpc) is 2.84. The number of carbonyl (C=O) groups excluding carboxylic acids is 1. The van der Waals surface area contributed by atoms with Crippen molar-refractivity contribution in [2.24, 2.45) is 23.2 Å². The highest BCUT2D eigenvalue weighted by Crippen LogP contribution is 2.61. The van der Waals surface area contributed by atoms with Gasteiger partial charge in [-0.25, -0.2) is 0 Å². The molecule has 1 heterocycles. The molecule has 4 nitrogen and oxygen atoms in total. The van der Waals surface area contributed by atoms with E-state index in [1.54, 1.807) is 6.07 Å². The summed E-state index contributed by atoms with van der Waals surface area (Å²) in [5.41, 5.74) is 0.743. The van der Waals surface area contributed by atoms with Gasteiger partial charge in [-0.2, -0.15) is 0 Å². The fraction of sp³-hybridized carbons (Fsp3) is 0.765. The van der Waals surface area contributed by atoms with Crippen molar-refractivity contribution in [2.75, 3.05) is 0 Å². The minimum absolute atomic E-state index is 0.0879. The van der Waals surface area contributed by atoms with Gasteiger partial charge in [-0.15, -0.1) is 0 Å². The molecule has 21 heavy (non-hydrogen) atoms. The van der Waals surface area contributed by atoms with Gasteiger partial charge in [0, 0.05) is 12.1 Å². The molecule has 4 bridgehead atoms. The van der Waals surface area contributed by atoms with Gasteiger partial charge in [-0.05, 0) is 75.5 Å². The van der Waals surface area contributed by atoms with Crippen LogP contribution in [0.4, 0.5) is 0 Å². The topological polar surface area (TPSA) is 55.1 Å². The monoisotopic (exact) mass is 288 g/mol. The third kappa shape index (κ3) is 2.19. The van der Waals surface area contributed by atoms with Gasteiger partial charge in [0.15, 0.2) is 5.69 Å². The van der Waals surface area contributed by atoms with Crippen molar-refractivity contribution in [3.63, 3.8) is 0 Å². The highest BCUT2D eigenvalue weighted by Gasteiger charge is 2.53. The molecule has 114 valence electrons. The van der Waals surface area contributed by atoms with Crippen LogP contribution in [-0.4, -0.2) is 17.1 Å².